The van der Waals surface area contributed by atoms with Gasteiger partial charge in [-0.3, -0.25) is 9.78 Å². The lowest BCUT2D eigenvalue weighted by atomic mass is 10.2. The minimum Gasteiger partial charge on any atom is -0.491 e. The maximum absolute atomic E-state index is 11.9. The smallest absolute Gasteiger partial charge is 0.244 e. The van der Waals surface area contributed by atoms with Gasteiger partial charge in [0.1, 0.15) is 0 Å². The van der Waals surface area contributed by atoms with Crippen LogP contribution in [0, 0.1) is 0 Å². The molecule has 0 unspecified atom stereocenters. The highest BCUT2D eigenvalue weighted by molar-refractivity contribution is 6.32. The van der Waals surface area contributed by atoms with Crippen LogP contribution in [0.15, 0.2) is 42.6 Å². The zero-order valence-corrected chi connectivity index (χ0v) is 15.0. The molecular weight excluding hydrogens is 340 g/mol. The summed E-state index contributed by atoms with van der Waals surface area (Å²) < 4.78 is 10.8. The second kappa shape index (κ2) is 9.69. The summed E-state index contributed by atoms with van der Waals surface area (Å²) in [5.41, 5.74) is 1.70. The largest absolute Gasteiger partial charge is 0.491 e. The minimum absolute atomic E-state index is 0.180. The van der Waals surface area contributed by atoms with Crippen LogP contribution in [0.4, 0.5) is 0 Å². The van der Waals surface area contributed by atoms with Crippen molar-refractivity contribution in [3.05, 3.63) is 58.9 Å². The molecule has 0 saturated carbocycles. The normalized spacial score (nSPS) is 10.7. The van der Waals surface area contributed by atoms with E-state index < -0.39 is 0 Å². The average Bonchev–Trinajstić information content (AvgIpc) is 2.61. The molecule has 0 radical (unpaired) electrons. The monoisotopic (exact) mass is 360 g/mol. The van der Waals surface area contributed by atoms with E-state index in [0.717, 1.165) is 11.3 Å². The van der Waals surface area contributed by atoms with E-state index in [-0.39, 0.29) is 5.91 Å². The first-order valence-electron chi connectivity index (χ1n) is 8.00. The van der Waals surface area contributed by atoms with Gasteiger partial charge in [0.05, 0.1) is 18.7 Å². The van der Waals surface area contributed by atoms with Crippen molar-refractivity contribution in [2.45, 2.75) is 13.3 Å². The first kappa shape index (κ1) is 18.8. The lowest BCUT2D eigenvalue weighted by Crippen LogP contribution is -2.23. The van der Waals surface area contributed by atoms with E-state index in [1.165, 1.54) is 13.2 Å². The van der Waals surface area contributed by atoms with Gasteiger partial charge < -0.3 is 14.8 Å². The molecule has 1 aromatic carbocycles. The van der Waals surface area contributed by atoms with Gasteiger partial charge in [-0.05, 0) is 42.8 Å². The summed E-state index contributed by atoms with van der Waals surface area (Å²) in [6.07, 6.45) is 5.57. The van der Waals surface area contributed by atoms with Crippen LogP contribution in [0.1, 0.15) is 18.2 Å². The third-order valence-electron chi connectivity index (χ3n) is 3.37. The lowest BCUT2D eigenvalue weighted by molar-refractivity contribution is -0.116. The zero-order valence-electron chi connectivity index (χ0n) is 14.3. The SMILES string of the molecule is CCOc1cc(/C=C/C(=O)NCCc2ccccn2)cc(Cl)c1OC. The topological polar surface area (TPSA) is 60.5 Å². The second-order valence-electron chi connectivity index (χ2n) is 5.16. The molecule has 1 aromatic heterocycles. The molecule has 132 valence electrons. The Bertz CT molecular complexity index is 733. The van der Waals surface area contributed by atoms with Crippen LogP contribution in [0.2, 0.25) is 5.02 Å². The Balaban J connectivity index is 1.94. The van der Waals surface area contributed by atoms with Crippen molar-refractivity contribution in [3.63, 3.8) is 0 Å². The summed E-state index contributed by atoms with van der Waals surface area (Å²) in [5, 5.41) is 3.26. The van der Waals surface area contributed by atoms with Crippen molar-refractivity contribution in [1.29, 1.82) is 0 Å². The molecule has 25 heavy (non-hydrogen) atoms. The Morgan fingerprint density at radius 3 is 2.88 bits per heavy atom. The fourth-order valence-electron chi connectivity index (χ4n) is 2.24. The second-order valence-corrected chi connectivity index (χ2v) is 5.57. The van der Waals surface area contributed by atoms with Crippen LogP contribution in [-0.2, 0) is 11.2 Å². The molecule has 0 aliphatic heterocycles. The minimum atomic E-state index is -0.180. The van der Waals surface area contributed by atoms with Crippen molar-refractivity contribution in [2.75, 3.05) is 20.3 Å². The van der Waals surface area contributed by atoms with E-state index in [4.69, 9.17) is 21.1 Å². The summed E-state index contributed by atoms with van der Waals surface area (Å²) in [6, 6.07) is 9.22. The Kier molecular flexibility index (Phi) is 7.29. The molecule has 2 rings (SSSR count). The summed E-state index contributed by atoms with van der Waals surface area (Å²) >= 11 is 6.19. The summed E-state index contributed by atoms with van der Waals surface area (Å²) in [5.74, 6) is 0.856. The van der Waals surface area contributed by atoms with Crippen LogP contribution >= 0.6 is 11.6 Å². The zero-order chi connectivity index (χ0) is 18.1. The van der Waals surface area contributed by atoms with E-state index in [1.54, 1.807) is 24.4 Å². The van der Waals surface area contributed by atoms with E-state index in [9.17, 15) is 4.79 Å². The number of benzene rings is 1. The van der Waals surface area contributed by atoms with Gasteiger partial charge in [0, 0.05) is 30.9 Å². The van der Waals surface area contributed by atoms with Crippen molar-refractivity contribution < 1.29 is 14.3 Å². The predicted octanol–water partition coefficient (Wildman–Crippen LogP) is 3.51. The van der Waals surface area contributed by atoms with E-state index in [2.05, 4.69) is 10.3 Å². The molecule has 1 amide bonds. The number of aromatic nitrogens is 1. The summed E-state index contributed by atoms with van der Waals surface area (Å²) in [6.45, 7) is 2.90. The molecule has 6 heteroatoms. The number of hydrogen-bond donors (Lipinski definition) is 1. The van der Waals surface area contributed by atoms with Gasteiger partial charge in [-0.25, -0.2) is 0 Å². The molecule has 5 nitrogen and oxygen atoms in total. The van der Waals surface area contributed by atoms with Gasteiger partial charge >= 0.3 is 0 Å². The average molecular weight is 361 g/mol. The molecule has 0 spiro atoms. The number of nitrogens with one attached hydrogen (secondary N) is 1. The number of hydrogen-bond acceptors (Lipinski definition) is 4. The molecule has 0 saturated heterocycles. The molecule has 1 N–H and O–H groups in total. The predicted molar refractivity (Wildman–Crippen MR) is 99.2 cm³/mol. The number of carbonyl (C=O) groups excluding carboxylic acids is 1. The third kappa shape index (κ3) is 5.80. The van der Waals surface area contributed by atoms with Crippen molar-refractivity contribution in [3.8, 4) is 11.5 Å². The Labute approximate surface area is 152 Å². The molecule has 0 aliphatic carbocycles. The van der Waals surface area contributed by atoms with Crippen LogP contribution in [-0.4, -0.2) is 31.2 Å². The van der Waals surface area contributed by atoms with Gasteiger partial charge in [0.15, 0.2) is 11.5 Å². The Hall–Kier alpha value is -2.53. The molecule has 2 aromatic rings. The van der Waals surface area contributed by atoms with Crippen LogP contribution in [0.5, 0.6) is 11.5 Å². The number of carbonyl (C=O) groups is 1. The van der Waals surface area contributed by atoms with Gasteiger partial charge in [0.25, 0.3) is 0 Å². The maximum atomic E-state index is 11.9. The molecular formula is C19H21ClN2O3. The highest BCUT2D eigenvalue weighted by atomic mass is 35.5. The maximum Gasteiger partial charge on any atom is 0.244 e. The quantitative estimate of drug-likeness (QED) is 0.732. The standard InChI is InChI=1S/C19H21ClN2O3/c1-3-25-17-13-14(12-16(20)19(17)24-2)7-8-18(23)22-11-9-15-6-4-5-10-21-15/h4-8,10,12-13H,3,9,11H2,1-2H3,(H,22,23)/b8-7+. The summed E-state index contributed by atoms with van der Waals surface area (Å²) in [4.78, 5) is 16.1. The number of pyridine rings is 1. The lowest BCUT2D eigenvalue weighted by Gasteiger charge is -2.11. The number of ether oxygens (including phenoxy) is 2. The first-order valence-corrected chi connectivity index (χ1v) is 8.38. The first-order chi connectivity index (χ1) is 12.1. The number of methoxy groups -OCH3 is 1. The van der Waals surface area contributed by atoms with E-state index in [1.807, 2.05) is 25.1 Å². The van der Waals surface area contributed by atoms with Crippen LogP contribution < -0.4 is 14.8 Å². The molecule has 0 bridgehead atoms. The third-order valence-corrected chi connectivity index (χ3v) is 3.65. The van der Waals surface area contributed by atoms with E-state index >= 15 is 0 Å². The van der Waals surface area contributed by atoms with Crippen molar-refractivity contribution >= 4 is 23.6 Å². The molecule has 0 aliphatic rings. The summed E-state index contributed by atoms with van der Waals surface area (Å²) in [7, 11) is 1.54. The number of amides is 1. The Morgan fingerprint density at radius 2 is 2.20 bits per heavy atom. The fraction of sp³-hybridized carbons (Fsp3) is 0.263. The van der Waals surface area contributed by atoms with E-state index in [0.29, 0.717) is 36.1 Å². The van der Waals surface area contributed by atoms with Crippen LogP contribution in [0.3, 0.4) is 0 Å². The number of nitrogens with zero attached hydrogens (tertiary/aromatic N) is 1. The highest BCUT2D eigenvalue weighted by Gasteiger charge is 2.10. The van der Waals surface area contributed by atoms with Gasteiger partial charge in [-0.1, -0.05) is 17.7 Å². The van der Waals surface area contributed by atoms with Crippen LogP contribution in [0.25, 0.3) is 6.08 Å². The fourth-order valence-corrected chi connectivity index (χ4v) is 2.53. The van der Waals surface area contributed by atoms with Gasteiger partial charge in [-0.2, -0.15) is 0 Å². The number of rotatable bonds is 8. The molecule has 1 heterocycles. The van der Waals surface area contributed by atoms with Gasteiger partial charge in [0.2, 0.25) is 5.91 Å². The Morgan fingerprint density at radius 1 is 1.36 bits per heavy atom. The molecule has 0 atom stereocenters. The number of halogens is 1. The molecule has 0 fully saturated rings. The van der Waals surface area contributed by atoms with Crippen molar-refractivity contribution in [2.24, 2.45) is 0 Å². The van der Waals surface area contributed by atoms with Crippen molar-refractivity contribution in [1.82, 2.24) is 10.3 Å². The highest BCUT2D eigenvalue weighted by Crippen LogP contribution is 2.36. The van der Waals surface area contributed by atoms with Gasteiger partial charge in [-0.15, -0.1) is 0 Å².